The largest absolute Gasteiger partial charge is 0.493 e. The predicted octanol–water partition coefficient (Wildman–Crippen LogP) is 4.49. The normalized spacial score (nSPS) is 26.5. The molecule has 1 aliphatic carbocycles. The zero-order valence-corrected chi connectivity index (χ0v) is 13.2. The molecule has 0 N–H and O–H groups in total. The molecule has 1 aliphatic heterocycles. The Kier molecular flexibility index (Phi) is 4.75. The lowest BCUT2D eigenvalue weighted by molar-refractivity contribution is 0.0751. The van der Waals surface area contributed by atoms with Crippen molar-refractivity contribution in [3.05, 3.63) is 28.2 Å². The number of halogens is 2. The van der Waals surface area contributed by atoms with Gasteiger partial charge in [0.25, 0.3) is 0 Å². The Labute approximate surface area is 131 Å². The lowest BCUT2D eigenvalue weighted by Crippen LogP contribution is -2.39. The number of nitrogens with zero attached hydrogens (tertiary/aromatic N) is 1. The highest BCUT2D eigenvalue weighted by molar-refractivity contribution is 6.42. The Balaban J connectivity index is 1.46. The molecule has 1 aromatic rings. The number of likely N-dealkylation sites (tertiary alicyclic amines) is 1. The fraction of sp³-hybridized carbons (Fsp3) is 0.625. The Bertz CT molecular complexity index is 460. The summed E-state index contributed by atoms with van der Waals surface area (Å²) in [6.07, 6.45) is 5.39. The fourth-order valence-electron chi connectivity index (χ4n) is 3.16. The summed E-state index contributed by atoms with van der Waals surface area (Å²) in [4.78, 5) is 2.61. The Hall–Kier alpha value is -0.440. The maximum Gasteiger partial charge on any atom is 0.120 e. The molecule has 1 saturated heterocycles. The summed E-state index contributed by atoms with van der Waals surface area (Å²) < 4.78 is 5.88. The third-order valence-corrected chi connectivity index (χ3v) is 5.36. The van der Waals surface area contributed by atoms with Gasteiger partial charge in [0, 0.05) is 12.6 Å². The maximum atomic E-state index is 6.00. The van der Waals surface area contributed by atoms with Crippen LogP contribution >= 0.6 is 23.2 Å². The molecule has 1 unspecified atom stereocenters. The summed E-state index contributed by atoms with van der Waals surface area (Å²) >= 11 is 11.9. The van der Waals surface area contributed by atoms with Gasteiger partial charge in [0.15, 0.2) is 0 Å². The van der Waals surface area contributed by atoms with Gasteiger partial charge in [-0.2, -0.15) is 0 Å². The van der Waals surface area contributed by atoms with Crippen LogP contribution in [0.4, 0.5) is 0 Å². The molecule has 0 radical (unpaired) electrons. The third-order valence-electron chi connectivity index (χ3n) is 4.62. The van der Waals surface area contributed by atoms with E-state index in [1.54, 1.807) is 12.1 Å². The highest BCUT2D eigenvalue weighted by Crippen LogP contribution is 2.36. The van der Waals surface area contributed by atoms with Crippen molar-refractivity contribution in [2.45, 2.75) is 25.7 Å². The standard InChI is InChI=1S/C16H21Cl2NO/c17-15-6-5-14(9-16(15)18)20-11-13-4-3-12(13)10-19-7-1-2-8-19/h5-6,9,12-13H,1-4,7-8,10-11H2/t12?,13-/m0/s1. The van der Waals surface area contributed by atoms with E-state index >= 15 is 0 Å². The third kappa shape index (κ3) is 3.41. The highest BCUT2D eigenvalue weighted by Gasteiger charge is 2.33. The van der Waals surface area contributed by atoms with E-state index in [0.29, 0.717) is 16.0 Å². The zero-order chi connectivity index (χ0) is 13.9. The predicted molar refractivity (Wildman–Crippen MR) is 83.8 cm³/mol. The van der Waals surface area contributed by atoms with Crippen molar-refractivity contribution in [2.75, 3.05) is 26.2 Å². The van der Waals surface area contributed by atoms with Gasteiger partial charge in [-0.3, -0.25) is 0 Å². The molecular weight excluding hydrogens is 293 g/mol. The van der Waals surface area contributed by atoms with E-state index in [9.17, 15) is 0 Å². The second-order valence-corrected chi connectivity index (χ2v) is 6.81. The van der Waals surface area contributed by atoms with Gasteiger partial charge in [0.2, 0.25) is 0 Å². The number of rotatable bonds is 5. The van der Waals surface area contributed by atoms with E-state index < -0.39 is 0 Å². The molecule has 0 aromatic heterocycles. The van der Waals surface area contributed by atoms with Gasteiger partial charge in [-0.05, 0) is 62.7 Å². The van der Waals surface area contributed by atoms with E-state index in [0.717, 1.165) is 18.3 Å². The van der Waals surface area contributed by atoms with Crippen molar-refractivity contribution < 1.29 is 4.74 Å². The van der Waals surface area contributed by atoms with Gasteiger partial charge in [0.05, 0.1) is 16.7 Å². The summed E-state index contributed by atoms with van der Waals surface area (Å²) in [5.74, 6) is 2.34. The van der Waals surface area contributed by atoms with E-state index in [2.05, 4.69) is 4.90 Å². The average molecular weight is 314 g/mol. The first-order valence-electron chi connectivity index (χ1n) is 7.52. The average Bonchev–Trinajstić information content (AvgIpc) is 2.92. The van der Waals surface area contributed by atoms with Crippen molar-refractivity contribution >= 4 is 23.2 Å². The van der Waals surface area contributed by atoms with Crippen LogP contribution in [0.3, 0.4) is 0 Å². The molecule has 2 aliphatic rings. The van der Waals surface area contributed by atoms with Crippen molar-refractivity contribution in [2.24, 2.45) is 11.8 Å². The second-order valence-electron chi connectivity index (χ2n) is 5.99. The van der Waals surface area contributed by atoms with Gasteiger partial charge in [0.1, 0.15) is 5.75 Å². The van der Waals surface area contributed by atoms with Crippen LogP contribution in [0.15, 0.2) is 18.2 Å². The highest BCUT2D eigenvalue weighted by atomic mass is 35.5. The molecule has 3 rings (SSSR count). The van der Waals surface area contributed by atoms with Crippen LogP contribution in [0.1, 0.15) is 25.7 Å². The van der Waals surface area contributed by atoms with Gasteiger partial charge in [-0.25, -0.2) is 0 Å². The molecule has 0 bridgehead atoms. The monoisotopic (exact) mass is 313 g/mol. The Morgan fingerprint density at radius 2 is 1.80 bits per heavy atom. The molecule has 0 amide bonds. The van der Waals surface area contributed by atoms with Crippen molar-refractivity contribution in [3.8, 4) is 5.75 Å². The smallest absolute Gasteiger partial charge is 0.120 e. The van der Waals surface area contributed by atoms with Crippen LogP contribution < -0.4 is 4.74 Å². The molecule has 0 spiro atoms. The summed E-state index contributed by atoms with van der Waals surface area (Å²) in [6.45, 7) is 4.64. The maximum absolute atomic E-state index is 6.00. The van der Waals surface area contributed by atoms with E-state index in [-0.39, 0.29) is 0 Å². The summed E-state index contributed by atoms with van der Waals surface area (Å²) in [6, 6.07) is 5.49. The van der Waals surface area contributed by atoms with Crippen LogP contribution in [-0.4, -0.2) is 31.1 Å². The van der Waals surface area contributed by atoms with Crippen LogP contribution in [0.2, 0.25) is 10.0 Å². The number of benzene rings is 1. The zero-order valence-electron chi connectivity index (χ0n) is 11.7. The van der Waals surface area contributed by atoms with Gasteiger partial charge >= 0.3 is 0 Å². The molecule has 4 heteroatoms. The first kappa shape index (κ1) is 14.5. The topological polar surface area (TPSA) is 12.5 Å². The fourth-order valence-corrected chi connectivity index (χ4v) is 3.45. The van der Waals surface area contributed by atoms with Gasteiger partial charge in [-0.1, -0.05) is 23.2 Å². The van der Waals surface area contributed by atoms with Crippen molar-refractivity contribution in [1.82, 2.24) is 4.90 Å². The quantitative estimate of drug-likeness (QED) is 0.794. The van der Waals surface area contributed by atoms with Gasteiger partial charge in [-0.15, -0.1) is 0 Å². The molecule has 20 heavy (non-hydrogen) atoms. The van der Waals surface area contributed by atoms with E-state index in [1.165, 1.54) is 45.3 Å². The minimum atomic E-state index is 0.561. The minimum absolute atomic E-state index is 0.561. The Morgan fingerprint density at radius 3 is 2.45 bits per heavy atom. The second kappa shape index (κ2) is 6.55. The molecule has 1 heterocycles. The molecule has 2 fully saturated rings. The first-order valence-corrected chi connectivity index (χ1v) is 8.28. The number of hydrogen-bond acceptors (Lipinski definition) is 2. The van der Waals surface area contributed by atoms with Crippen LogP contribution in [0.25, 0.3) is 0 Å². The van der Waals surface area contributed by atoms with Crippen molar-refractivity contribution in [3.63, 3.8) is 0 Å². The SMILES string of the molecule is Clc1ccc(OC[C@@H]2CCC2CN2CCCC2)cc1Cl. The van der Waals surface area contributed by atoms with Crippen molar-refractivity contribution in [1.29, 1.82) is 0 Å². The summed E-state index contributed by atoms with van der Waals surface area (Å²) in [7, 11) is 0. The number of hydrogen-bond donors (Lipinski definition) is 0. The van der Waals surface area contributed by atoms with Crippen LogP contribution in [0.5, 0.6) is 5.75 Å². The Morgan fingerprint density at radius 1 is 1.05 bits per heavy atom. The van der Waals surface area contributed by atoms with E-state index in [4.69, 9.17) is 27.9 Å². The molecular formula is C16H21Cl2NO. The molecule has 2 atom stereocenters. The molecule has 1 saturated carbocycles. The van der Waals surface area contributed by atoms with Gasteiger partial charge < -0.3 is 9.64 Å². The minimum Gasteiger partial charge on any atom is -0.493 e. The van der Waals surface area contributed by atoms with E-state index in [1.807, 2.05) is 6.07 Å². The molecule has 2 nitrogen and oxygen atoms in total. The van der Waals surface area contributed by atoms with Crippen LogP contribution in [0, 0.1) is 11.8 Å². The molecule has 1 aromatic carbocycles. The lowest BCUT2D eigenvalue weighted by atomic mass is 9.74. The lowest BCUT2D eigenvalue weighted by Gasteiger charge is -2.38. The number of ether oxygens (including phenoxy) is 1. The molecule has 110 valence electrons. The first-order chi connectivity index (χ1) is 9.72. The summed E-state index contributed by atoms with van der Waals surface area (Å²) in [5, 5.41) is 1.14. The van der Waals surface area contributed by atoms with Crippen LogP contribution in [-0.2, 0) is 0 Å². The summed E-state index contributed by atoms with van der Waals surface area (Å²) in [5.41, 5.74) is 0.